The highest BCUT2D eigenvalue weighted by molar-refractivity contribution is 7.10. The summed E-state index contributed by atoms with van der Waals surface area (Å²) >= 11 is 1.66. The first-order chi connectivity index (χ1) is 6.86. The van der Waals surface area contributed by atoms with E-state index in [1.54, 1.807) is 11.3 Å². The highest BCUT2D eigenvalue weighted by atomic mass is 32.1. The lowest BCUT2D eigenvalue weighted by atomic mass is 9.93. The van der Waals surface area contributed by atoms with Crippen LogP contribution in [-0.2, 0) is 16.0 Å². The van der Waals surface area contributed by atoms with E-state index >= 15 is 0 Å². The number of ketones is 1. The fraction of sp³-hybridized carbons (Fsp3) is 0.545. The maximum Gasteiger partial charge on any atom is 0.141 e. The molecule has 76 valence electrons. The summed E-state index contributed by atoms with van der Waals surface area (Å²) in [6.45, 7) is 1.50. The van der Waals surface area contributed by atoms with Gasteiger partial charge in [0.25, 0.3) is 0 Å². The fourth-order valence-corrected chi connectivity index (χ4v) is 2.46. The van der Waals surface area contributed by atoms with Gasteiger partial charge in [0.2, 0.25) is 0 Å². The zero-order valence-electron chi connectivity index (χ0n) is 8.07. The van der Waals surface area contributed by atoms with Gasteiger partial charge in [-0.1, -0.05) is 6.07 Å². The van der Waals surface area contributed by atoms with Gasteiger partial charge in [-0.05, 0) is 24.3 Å². The van der Waals surface area contributed by atoms with Crippen molar-refractivity contribution in [2.45, 2.75) is 19.3 Å². The second-order valence-electron chi connectivity index (χ2n) is 3.61. The topological polar surface area (TPSA) is 26.3 Å². The van der Waals surface area contributed by atoms with Gasteiger partial charge >= 0.3 is 0 Å². The molecule has 0 radical (unpaired) electrons. The van der Waals surface area contributed by atoms with Crippen LogP contribution in [0.2, 0.25) is 0 Å². The molecule has 1 saturated heterocycles. The van der Waals surface area contributed by atoms with Crippen molar-refractivity contribution in [1.29, 1.82) is 0 Å². The molecule has 2 nitrogen and oxygen atoms in total. The molecule has 0 bridgehead atoms. The van der Waals surface area contributed by atoms with E-state index in [4.69, 9.17) is 4.74 Å². The van der Waals surface area contributed by atoms with Gasteiger partial charge in [0, 0.05) is 30.4 Å². The molecule has 0 unspecified atom stereocenters. The quantitative estimate of drug-likeness (QED) is 0.765. The van der Waals surface area contributed by atoms with E-state index in [2.05, 4.69) is 0 Å². The highest BCUT2D eigenvalue weighted by Crippen LogP contribution is 2.19. The van der Waals surface area contributed by atoms with Crippen LogP contribution in [0.1, 0.15) is 17.7 Å². The summed E-state index contributed by atoms with van der Waals surface area (Å²) in [5.41, 5.74) is 0. The van der Waals surface area contributed by atoms with E-state index in [1.807, 2.05) is 17.5 Å². The summed E-state index contributed by atoms with van der Waals surface area (Å²) in [4.78, 5) is 13.0. The molecule has 0 atom stereocenters. The monoisotopic (exact) mass is 210 g/mol. The number of thiophene rings is 1. The standard InChI is InChI=1S/C11H14O2S/c12-11(8-10-2-1-7-14-10)9-3-5-13-6-4-9/h1-2,7,9H,3-6,8H2. The van der Waals surface area contributed by atoms with Crippen molar-refractivity contribution in [2.75, 3.05) is 13.2 Å². The lowest BCUT2D eigenvalue weighted by Gasteiger charge is -2.20. The summed E-state index contributed by atoms with van der Waals surface area (Å²) in [7, 11) is 0. The summed E-state index contributed by atoms with van der Waals surface area (Å²) in [5.74, 6) is 0.626. The van der Waals surface area contributed by atoms with Crippen LogP contribution in [0.25, 0.3) is 0 Å². The van der Waals surface area contributed by atoms with E-state index in [9.17, 15) is 4.79 Å². The van der Waals surface area contributed by atoms with Crippen LogP contribution in [-0.4, -0.2) is 19.0 Å². The first-order valence-electron chi connectivity index (χ1n) is 4.99. The van der Waals surface area contributed by atoms with E-state index in [0.717, 1.165) is 26.1 Å². The summed E-state index contributed by atoms with van der Waals surface area (Å²) in [6, 6.07) is 4.03. The number of ether oxygens (including phenoxy) is 1. The predicted molar refractivity (Wildman–Crippen MR) is 56.6 cm³/mol. The van der Waals surface area contributed by atoms with Crippen molar-refractivity contribution >= 4 is 17.1 Å². The first-order valence-corrected chi connectivity index (χ1v) is 5.87. The maximum absolute atomic E-state index is 11.8. The smallest absolute Gasteiger partial charge is 0.141 e. The Labute approximate surface area is 87.9 Å². The van der Waals surface area contributed by atoms with Gasteiger partial charge in [-0.3, -0.25) is 4.79 Å². The third-order valence-corrected chi connectivity index (χ3v) is 3.48. The molecule has 14 heavy (non-hydrogen) atoms. The van der Waals surface area contributed by atoms with E-state index in [0.29, 0.717) is 12.2 Å². The normalized spacial score (nSPS) is 18.3. The van der Waals surface area contributed by atoms with Crippen LogP contribution in [0.5, 0.6) is 0 Å². The average molecular weight is 210 g/mol. The van der Waals surface area contributed by atoms with E-state index in [-0.39, 0.29) is 5.92 Å². The molecule has 0 amide bonds. The molecule has 0 saturated carbocycles. The zero-order chi connectivity index (χ0) is 9.80. The second kappa shape index (κ2) is 4.71. The number of Topliss-reactive ketones (excluding diaryl/α,β-unsaturated/α-hetero) is 1. The molecule has 1 aromatic heterocycles. The Morgan fingerprint density at radius 2 is 2.29 bits per heavy atom. The Morgan fingerprint density at radius 1 is 1.50 bits per heavy atom. The van der Waals surface area contributed by atoms with Crippen molar-refractivity contribution in [3.8, 4) is 0 Å². The Bertz CT molecular complexity index is 286. The molecule has 2 heterocycles. The van der Waals surface area contributed by atoms with Gasteiger partial charge < -0.3 is 4.74 Å². The van der Waals surface area contributed by atoms with Crippen LogP contribution in [0.4, 0.5) is 0 Å². The number of carbonyl (C=O) groups is 1. The lowest BCUT2D eigenvalue weighted by Crippen LogP contribution is -2.24. The van der Waals surface area contributed by atoms with Crippen molar-refractivity contribution in [1.82, 2.24) is 0 Å². The van der Waals surface area contributed by atoms with Gasteiger partial charge in [0.15, 0.2) is 0 Å². The number of hydrogen-bond donors (Lipinski definition) is 0. The molecule has 1 aromatic rings. The predicted octanol–water partition coefficient (Wildman–Crippen LogP) is 2.29. The Morgan fingerprint density at radius 3 is 2.93 bits per heavy atom. The first kappa shape index (κ1) is 9.87. The van der Waals surface area contributed by atoms with Crippen LogP contribution in [0.15, 0.2) is 17.5 Å². The molecule has 1 fully saturated rings. The van der Waals surface area contributed by atoms with Crippen LogP contribution in [0, 0.1) is 5.92 Å². The minimum absolute atomic E-state index is 0.242. The summed E-state index contributed by atoms with van der Waals surface area (Å²) < 4.78 is 5.24. The van der Waals surface area contributed by atoms with Crippen LogP contribution >= 0.6 is 11.3 Å². The molecule has 0 spiro atoms. The zero-order valence-corrected chi connectivity index (χ0v) is 8.89. The Balaban J connectivity index is 1.88. The lowest BCUT2D eigenvalue weighted by molar-refractivity contribution is -0.124. The largest absolute Gasteiger partial charge is 0.381 e. The molecular formula is C11H14O2S. The Kier molecular flexibility index (Phi) is 3.32. The maximum atomic E-state index is 11.8. The minimum atomic E-state index is 0.242. The molecule has 0 aromatic carbocycles. The van der Waals surface area contributed by atoms with Crippen LogP contribution in [0.3, 0.4) is 0 Å². The van der Waals surface area contributed by atoms with Gasteiger partial charge in [-0.15, -0.1) is 11.3 Å². The van der Waals surface area contributed by atoms with Gasteiger partial charge in [0.1, 0.15) is 5.78 Å². The third kappa shape index (κ3) is 2.42. The van der Waals surface area contributed by atoms with Gasteiger partial charge in [0.05, 0.1) is 0 Å². The molecule has 3 heteroatoms. The van der Waals surface area contributed by atoms with Gasteiger partial charge in [-0.2, -0.15) is 0 Å². The van der Waals surface area contributed by atoms with Gasteiger partial charge in [-0.25, -0.2) is 0 Å². The van der Waals surface area contributed by atoms with Crippen LogP contribution < -0.4 is 0 Å². The third-order valence-electron chi connectivity index (χ3n) is 2.61. The molecule has 2 rings (SSSR count). The fourth-order valence-electron chi connectivity index (χ4n) is 1.75. The summed E-state index contributed by atoms with van der Waals surface area (Å²) in [6.07, 6.45) is 2.43. The summed E-state index contributed by atoms with van der Waals surface area (Å²) in [5, 5.41) is 2.02. The van der Waals surface area contributed by atoms with Crippen molar-refractivity contribution in [3.63, 3.8) is 0 Å². The average Bonchev–Trinajstić information content (AvgIpc) is 2.72. The van der Waals surface area contributed by atoms with E-state index in [1.165, 1.54) is 4.88 Å². The number of hydrogen-bond acceptors (Lipinski definition) is 3. The van der Waals surface area contributed by atoms with Crippen molar-refractivity contribution in [3.05, 3.63) is 22.4 Å². The van der Waals surface area contributed by atoms with Crippen molar-refractivity contribution in [2.24, 2.45) is 5.92 Å². The van der Waals surface area contributed by atoms with Crippen molar-refractivity contribution < 1.29 is 9.53 Å². The molecule has 0 aliphatic carbocycles. The second-order valence-corrected chi connectivity index (χ2v) is 4.64. The molecule has 1 aliphatic rings. The molecular weight excluding hydrogens is 196 g/mol. The number of rotatable bonds is 3. The number of carbonyl (C=O) groups excluding carboxylic acids is 1. The highest BCUT2D eigenvalue weighted by Gasteiger charge is 2.21. The van der Waals surface area contributed by atoms with E-state index < -0.39 is 0 Å². The SMILES string of the molecule is O=C(Cc1cccs1)C1CCOCC1. The molecule has 0 N–H and O–H groups in total. The minimum Gasteiger partial charge on any atom is -0.381 e. The molecule has 1 aliphatic heterocycles. The Hall–Kier alpha value is -0.670.